The molecule has 1 atom stereocenters. The number of nitro groups is 1. The van der Waals surface area contributed by atoms with E-state index in [2.05, 4.69) is 31.0 Å². The second-order valence-electron chi connectivity index (χ2n) is 6.52. The molecule has 12 heteroatoms. The van der Waals surface area contributed by atoms with E-state index in [-0.39, 0.29) is 17.3 Å². The summed E-state index contributed by atoms with van der Waals surface area (Å²) in [5.41, 5.74) is 1.25. The van der Waals surface area contributed by atoms with Crippen LogP contribution in [0.4, 0.5) is 21.7 Å². The third kappa shape index (κ3) is 2.70. The molecule has 11 nitrogen and oxygen atoms in total. The monoisotopic (exact) mass is 406 g/mol. The summed E-state index contributed by atoms with van der Waals surface area (Å²) in [5.74, 6) is -0.202. The Hall–Kier alpha value is -4.48. The molecule has 30 heavy (non-hydrogen) atoms. The molecule has 1 aliphatic rings. The standard InChI is InChI=1S/C18H11FN8O3/c19-11-6-4-9(5-7-11)16-13-14(10-2-1-3-12(8-10)27(29)30)21-22-17(28)15(13)20-18-23-24-25-26(16)18/h1-8,16H,(H,22,28)(H,20,23,25)/t16-/m0/s1. The lowest BCUT2D eigenvalue weighted by Crippen LogP contribution is -2.29. The molecule has 0 saturated heterocycles. The van der Waals surface area contributed by atoms with Gasteiger partial charge in [0.05, 0.1) is 10.6 Å². The van der Waals surface area contributed by atoms with E-state index in [1.165, 1.54) is 35.0 Å². The normalized spacial score (nSPS) is 14.5. The minimum absolute atomic E-state index is 0.125. The van der Waals surface area contributed by atoms with Crippen LogP contribution in [-0.2, 0) is 0 Å². The predicted molar refractivity (Wildman–Crippen MR) is 102 cm³/mol. The molecule has 2 aromatic carbocycles. The van der Waals surface area contributed by atoms with E-state index >= 15 is 0 Å². The number of hydrogen-bond donors (Lipinski definition) is 2. The van der Waals surface area contributed by atoms with E-state index in [0.717, 1.165) is 0 Å². The molecule has 0 saturated carbocycles. The Balaban J connectivity index is 1.80. The molecule has 4 aromatic rings. The van der Waals surface area contributed by atoms with Crippen LogP contribution in [0.5, 0.6) is 0 Å². The topological polar surface area (TPSA) is 145 Å². The van der Waals surface area contributed by atoms with Crippen molar-refractivity contribution in [3.05, 3.63) is 85.9 Å². The second-order valence-corrected chi connectivity index (χ2v) is 6.52. The summed E-state index contributed by atoms with van der Waals surface area (Å²) in [7, 11) is 0. The Bertz CT molecular complexity index is 1350. The summed E-state index contributed by atoms with van der Waals surface area (Å²) in [4.78, 5) is 23.3. The van der Waals surface area contributed by atoms with Gasteiger partial charge in [0.1, 0.15) is 17.5 Å². The first-order chi connectivity index (χ1) is 14.5. The average Bonchev–Trinajstić information content (AvgIpc) is 3.22. The molecule has 0 spiro atoms. The zero-order valence-electron chi connectivity index (χ0n) is 15.0. The first-order valence-corrected chi connectivity index (χ1v) is 8.70. The number of tetrazole rings is 1. The number of nitro benzene ring substituents is 1. The van der Waals surface area contributed by atoms with E-state index < -0.39 is 22.3 Å². The van der Waals surface area contributed by atoms with Gasteiger partial charge in [-0.05, 0) is 28.1 Å². The number of benzene rings is 2. The van der Waals surface area contributed by atoms with Crippen LogP contribution in [0.1, 0.15) is 17.2 Å². The van der Waals surface area contributed by atoms with Crippen molar-refractivity contribution < 1.29 is 9.31 Å². The van der Waals surface area contributed by atoms with Crippen molar-refractivity contribution in [3.8, 4) is 11.3 Å². The molecule has 0 bridgehead atoms. The lowest BCUT2D eigenvalue weighted by molar-refractivity contribution is -0.384. The van der Waals surface area contributed by atoms with Gasteiger partial charge in [-0.15, -0.1) is 0 Å². The van der Waals surface area contributed by atoms with Gasteiger partial charge in [0.25, 0.3) is 11.2 Å². The van der Waals surface area contributed by atoms with E-state index in [0.29, 0.717) is 22.4 Å². The molecule has 0 aliphatic carbocycles. The van der Waals surface area contributed by atoms with E-state index in [1.54, 1.807) is 18.2 Å². The Kier molecular flexibility index (Phi) is 3.84. The lowest BCUT2D eigenvalue weighted by atomic mass is 9.92. The Morgan fingerprint density at radius 3 is 2.73 bits per heavy atom. The van der Waals surface area contributed by atoms with Gasteiger partial charge >= 0.3 is 0 Å². The zero-order valence-corrected chi connectivity index (χ0v) is 15.0. The van der Waals surface area contributed by atoms with Crippen molar-refractivity contribution in [1.82, 2.24) is 30.4 Å². The first kappa shape index (κ1) is 17.6. The number of hydrogen-bond acceptors (Lipinski definition) is 8. The van der Waals surface area contributed by atoms with Gasteiger partial charge in [-0.2, -0.15) is 9.78 Å². The predicted octanol–water partition coefficient (Wildman–Crippen LogP) is 2.17. The van der Waals surface area contributed by atoms with Crippen LogP contribution in [0, 0.1) is 15.9 Å². The number of H-pyrrole nitrogens is 1. The van der Waals surface area contributed by atoms with E-state index in [4.69, 9.17) is 0 Å². The number of non-ortho nitro benzene ring substituents is 1. The van der Waals surface area contributed by atoms with Crippen LogP contribution in [-0.4, -0.2) is 35.3 Å². The quantitative estimate of drug-likeness (QED) is 0.343. The van der Waals surface area contributed by atoms with Crippen LogP contribution < -0.4 is 10.9 Å². The highest BCUT2D eigenvalue weighted by Gasteiger charge is 2.34. The molecule has 2 aromatic heterocycles. The van der Waals surface area contributed by atoms with Crippen molar-refractivity contribution in [3.63, 3.8) is 0 Å². The van der Waals surface area contributed by atoms with Gasteiger partial charge in [0, 0.05) is 23.3 Å². The molecule has 2 N–H and O–H groups in total. The molecule has 0 unspecified atom stereocenters. The molecule has 3 heterocycles. The van der Waals surface area contributed by atoms with Crippen LogP contribution in [0.25, 0.3) is 11.3 Å². The van der Waals surface area contributed by atoms with Gasteiger partial charge in [-0.25, -0.2) is 9.49 Å². The van der Waals surface area contributed by atoms with Crippen molar-refractivity contribution in [1.29, 1.82) is 0 Å². The Morgan fingerprint density at radius 1 is 1.17 bits per heavy atom. The van der Waals surface area contributed by atoms with Gasteiger partial charge in [0.15, 0.2) is 0 Å². The summed E-state index contributed by atoms with van der Waals surface area (Å²) in [6, 6.07) is 10.9. The van der Waals surface area contributed by atoms with Crippen LogP contribution in [0.3, 0.4) is 0 Å². The second kappa shape index (κ2) is 6.55. The third-order valence-corrected chi connectivity index (χ3v) is 4.78. The van der Waals surface area contributed by atoms with Crippen molar-refractivity contribution >= 4 is 17.3 Å². The number of nitrogens with zero attached hydrogens (tertiary/aromatic N) is 6. The van der Waals surface area contributed by atoms with Crippen molar-refractivity contribution in [2.45, 2.75) is 6.04 Å². The van der Waals surface area contributed by atoms with Gasteiger partial charge in [-0.3, -0.25) is 14.9 Å². The minimum Gasteiger partial charge on any atom is -0.318 e. The smallest absolute Gasteiger partial charge is 0.288 e. The number of halogens is 1. The van der Waals surface area contributed by atoms with E-state index in [9.17, 15) is 19.3 Å². The van der Waals surface area contributed by atoms with Gasteiger partial charge < -0.3 is 5.32 Å². The van der Waals surface area contributed by atoms with Crippen molar-refractivity contribution in [2.75, 3.05) is 5.32 Å². The molecular weight excluding hydrogens is 395 g/mol. The molecule has 1 aliphatic heterocycles. The summed E-state index contributed by atoms with van der Waals surface area (Å²) < 4.78 is 15.0. The molecule has 148 valence electrons. The van der Waals surface area contributed by atoms with Crippen molar-refractivity contribution in [2.24, 2.45) is 0 Å². The highest BCUT2D eigenvalue weighted by molar-refractivity contribution is 5.76. The Morgan fingerprint density at radius 2 is 1.97 bits per heavy atom. The van der Waals surface area contributed by atoms with Gasteiger partial charge in [0.2, 0.25) is 5.95 Å². The summed E-state index contributed by atoms with van der Waals surface area (Å²) in [6.45, 7) is 0. The SMILES string of the molecule is O=c1[nH]nc(-c2cccc([N+](=O)[O-])c2)c2c1Nc1nnnn1[C@H]2c1ccc(F)cc1. The minimum atomic E-state index is -0.712. The number of rotatable bonds is 3. The molecule has 0 amide bonds. The number of anilines is 2. The molecule has 5 rings (SSSR count). The maximum absolute atomic E-state index is 13.5. The highest BCUT2D eigenvalue weighted by Crippen LogP contribution is 2.41. The summed E-state index contributed by atoms with van der Waals surface area (Å²) in [5, 5.41) is 32.2. The lowest BCUT2D eigenvalue weighted by Gasteiger charge is -2.27. The Labute approximate surface area is 166 Å². The summed E-state index contributed by atoms with van der Waals surface area (Å²) in [6.07, 6.45) is 0. The molecule has 0 radical (unpaired) electrons. The zero-order chi connectivity index (χ0) is 20.8. The van der Waals surface area contributed by atoms with Gasteiger partial charge in [-0.1, -0.05) is 29.4 Å². The highest BCUT2D eigenvalue weighted by atomic mass is 19.1. The fourth-order valence-electron chi connectivity index (χ4n) is 3.48. The van der Waals surface area contributed by atoms with Crippen LogP contribution in [0.15, 0.2) is 53.3 Å². The van der Waals surface area contributed by atoms with Crippen LogP contribution in [0.2, 0.25) is 0 Å². The molecular formula is C18H11FN8O3. The maximum Gasteiger partial charge on any atom is 0.288 e. The average molecular weight is 406 g/mol. The fraction of sp³-hybridized carbons (Fsp3) is 0.0556. The number of nitrogens with one attached hydrogen (secondary N) is 2. The molecule has 0 fully saturated rings. The van der Waals surface area contributed by atoms with Crippen LogP contribution >= 0.6 is 0 Å². The largest absolute Gasteiger partial charge is 0.318 e. The number of aromatic nitrogens is 6. The fourth-order valence-corrected chi connectivity index (χ4v) is 3.48. The third-order valence-electron chi connectivity index (χ3n) is 4.78. The number of aromatic amines is 1. The first-order valence-electron chi connectivity index (χ1n) is 8.70. The maximum atomic E-state index is 13.5. The van der Waals surface area contributed by atoms with E-state index in [1.807, 2.05) is 0 Å². The summed E-state index contributed by atoms with van der Waals surface area (Å²) >= 11 is 0. The number of fused-ring (bicyclic) bond motifs is 2.